The normalized spacial score (nSPS) is 15.4. The Labute approximate surface area is 375 Å². The van der Waals surface area contributed by atoms with Crippen LogP contribution in [0.1, 0.15) is 46.6 Å². The number of hydrogen-bond donors (Lipinski definition) is 4. The molecule has 4 aliphatic rings. The predicted molar refractivity (Wildman–Crippen MR) is 251 cm³/mol. The van der Waals surface area contributed by atoms with Crippen LogP contribution in [0.2, 0.25) is 0 Å². The summed E-state index contributed by atoms with van der Waals surface area (Å²) in [5.41, 5.74) is 17.8. The number of morpholine rings is 2. The van der Waals surface area contributed by atoms with Gasteiger partial charge >= 0.3 is 0 Å². The predicted octanol–water partition coefficient (Wildman–Crippen LogP) is 7.40. The fraction of sp³-hybridized carbons (Fsp3) is 0.260. The molecule has 5 aromatic heterocycles. The first kappa shape index (κ1) is 41.5. The van der Waals surface area contributed by atoms with Gasteiger partial charge in [-0.3, -0.25) is 24.5 Å². The maximum absolute atomic E-state index is 12.5. The maximum Gasteiger partial charge on any atom is 0.250 e. The van der Waals surface area contributed by atoms with Crippen molar-refractivity contribution in [2.75, 3.05) is 73.5 Å². The van der Waals surface area contributed by atoms with Gasteiger partial charge in [0.1, 0.15) is 22.9 Å². The van der Waals surface area contributed by atoms with Crippen LogP contribution in [-0.2, 0) is 22.3 Å². The summed E-state index contributed by atoms with van der Waals surface area (Å²) in [6, 6.07) is 29.0. The first-order chi connectivity index (χ1) is 31.7. The van der Waals surface area contributed by atoms with Crippen LogP contribution in [0.4, 0.5) is 22.7 Å². The van der Waals surface area contributed by atoms with Crippen LogP contribution < -0.4 is 41.4 Å². The number of fused-ring (bicyclic) bond motifs is 4. The van der Waals surface area contributed by atoms with E-state index < -0.39 is 0 Å². The Kier molecular flexibility index (Phi) is 11.5. The van der Waals surface area contributed by atoms with Crippen LogP contribution in [0.3, 0.4) is 0 Å². The summed E-state index contributed by atoms with van der Waals surface area (Å²) in [6.45, 7) is 9.75. The Morgan fingerprint density at radius 1 is 0.646 bits per heavy atom. The molecule has 1 unspecified atom stereocenters. The van der Waals surface area contributed by atoms with Crippen LogP contribution >= 0.6 is 0 Å². The number of H-pyrrole nitrogens is 2. The number of benzene rings is 2. The lowest BCUT2D eigenvalue weighted by atomic mass is 9.98. The number of ether oxygens (including phenoxy) is 4. The molecule has 0 saturated carbocycles. The Balaban J connectivity index is 0.000000159. The molecule has 0 bridgehead atoms. The topological polar surface area (TPSA) is 186 Å². The van der Waals surface area contributed by atoms with Crippen LogP contribution in [0.15, 0.2) is 113 Å². The molecule has 7 aromatic rings. The minimum absolute atomic E-state index is 0.0705. The molecule has 2 fully saturated rings. The zero-order valence-corrected chi connectivity index (χ0v) is 36.2. The smallest absolute Gasteiger partial charge is 0.250 e. The van der Waals surface area contributed by atoms with Gasteiger partial charge < -0.3 is 49.8 Å². The second-order valence-corrected chi connectivity index (χ2v) is 16.5. The number of nitrogens with one attached hydrogen (secondary N) is 3. The van der Waals surface area contributed by atoms with Crippen LogP contribution in [0.5, 0.6) is 23.0 Å². The first-order valence-corrected chi connectivity index (χ1v) is 21.9. The number of nitrogen functional groups attached to an aromatic ring is 1. The molecule has 0 amide bonds. The maximum atomic E-state index is 12.5. The average Bonchev–Trinajstić information content (AvgIpc) is 3.32. The zero-order chi connectivity index (χ0) is 44.4. The van der Waals surface area contributed by atoms with Crippen molar-refractivity contribution in [3.8, 4) is 45.8 Å². The van der Waals surface area contributed by atoms with E-state index in [1.54, 1.807) is 24.5 Å². The third-order valence-electron chi connectivity index (χ3n) is 12.0. The lowest BCUT2D eigenvalue weighted by Gasteiger charge is -2.29. The molecule has 1 atom stereocenters. The number of rotatable bonds is 7. The summed E-state index contributed by atoms with van der Waals surface area (Å²) in [5, 5.41) is 3.56. The number of aromatic amines is 2. The quantitative estimate of drug-likeness (QED) is 0.116. The van der Waals surface area contributed by atoms with E-state index in [0.29, 0.717) is 79.2 Å². The second-order valence-electron chi connectivity index (χ2n) is 16.5. The third-order valence-corrected chi connectivity index (χ3v) is 12.0. The molecule has 2 aromatic carbocycles. The fourth-order valence-corrected chi connectivity index (χ4v) is 8.69. The van der Waals surface area contributed by atoms with E-state index in [-0.39, 0.29) is 17.2 Å². The van der Waals surface area contributed by atoms with E-state index in [1.165, 1.54) is 0 Å². The highest BCUT2D eigenvalue weighted by Crippen LogP contribution is 2.44. The molecule has 65 heavy (non-hydrogen) atoms. The first-order valence-electron chi connectivity index (χ1n) is 21.9. The molecular weight excluding hydrogens is 823 g/mol. The number of aromatic nitrogens is 5. The highest BCUT2D eigenvalue weighted by atomic mass is 16.5. The molecule has 9 heterocycles. The lowest BCUT2D eigenvalue weighted by Crippen LogP contribution is -2.36. The van der Waals surface area contributed by atoms with Gasteiger partial charge in [0, 0.05) is 114 Å². The summed E-state index contributed by atoms with van der Waals surface area (Å²) in [7, 11) is 0. The van der Waals surface area contributed by atoms with Crippen molar-refractivity contribution in [3.05, 3.63) is 158 Å². The Morgan fingerprint density at radius 2 is 1.18 bits per heavy atom. The molecule has 15 nitrogen and oxygen atoms in total. The second kappa shape index (κ2) is 17.9. The van der Waals surface area contributed by atoms with Gasteiger partial charge in [0.25, 0.3) is 11.1 Å². The van der Waals surface area contributed by atoms with Crippen molar-refractivity contribution in [3.63, 3.8) is 0 Å². The van der Waals surface area contributed by atoms with E-state index in [1.807, 2.05) is 79.7 Å². The van der Waals surface area contributed by atoms with Crippen molar-refractivity contribution in [2.45, 2.75) is 32.7 Å². The molecule has 4 aliphatic heterocycles. The van der Waals surface area contributed by atoms with Crippen molar-refractivity contribution >= 4 is 22.7 Å². The van der Waals surface area contributed by atoms with Gasteiger partial charge in [0.15, 0.2) is 11.5 Å². The number of aryl methyl sites for hydroxylation is 1. The monoisotopic (exact) mass is 871 g/mol. The molecule has 0 aliphatic carbocycles. The van der Waals surface area contributed by atoms with Gasteiger partial charge in [0.2, 0.25) is 0 Å². The molecule has 0 spiro atoms. The average molecular weight is 872 g/mol. The highest BCUT2D eigenvalue weighted by molar-refractivity contribution is 5.73. The number of nitrogens with two attached hydrogens (primary N) is 1. The van der Waals surface area contributed by atoms with Crippen molar-refractivity contribution < 1.29 is 18.9 Å². The highest BCUT2D eigenvalue weighted by Gasteiger charge is 2.25. The van der Waals surface area contributed by atoms with E-state index in [0.717, 1.165) is 88.4 Å². The summed E-state index contributed by atoms with van der Waals surface area (Å²) in [5.74, 6) is 2.92. The summed E-state index contributed by atoms with van der Waals surface area (Å²) in [4.78, 5) is 48.8. The fourth-order valence-electron chi connectivity index (χ4n) is 8.69. The Morgan fingerprint density at radius 3 is 1.74 bits per heavy atom. The lowest BCUT2D eigenvalue weighted by molar-refractivity contribution is 0.122. The minimum Gasteiger partial charge on any atom is -0.454 e. The molecule has 2 saturated heterocycles. The van der Waals surface area contributed by atoms with Crippen molar-refractivity contribution in [2.24, 2.45) is 0 Å². The van der Waals surface area contributed by atoms with E-state index >= 15 is 0 Å². The third kappa shape index (κ3) is 9.01. The van der Waals surface area contributed by atoms with Gasteiger partial charge in [-0.05, 0) is 86.6 Å². The largest absolute Gasteiger partial charge is 0.454 e. The molecule has 5 N–H and O–H groups in total. The number of nitrogens with zero attached hydrogens (tertiary/aromatic N) is 5. The summed E-state index contributed by atoms with van der Waals surface area (Å²) < 4.78 is 23.4. The Hall–Kier alpha value is -7.49. The van der Waals surface area contributed by atoms with Gasteiger partial charge in [-0.25, -0.2) is 0 Å². The van der Waals surface area contributed by atoms with Gasteiger partial charge in [0.05, 0.1) is 49.6 Å². The van der Waals surface area contributed by atoms with Crippen LogP contribution in [0, 0.1) is 6.92 Å². The van der Waals surface area contributed by atoms with E-state index in [9.17, 15) is 9.59 Å². The minimum atomic E-state index is -0.164. The summed E-state index contributed by atoms with van der Waals surface area (Å²) >= 11 is 0. The molecule has 0 radical (unpaired) electrons. The molecule has 15 heteroatoms. The van der Waals surface area contributed by atoms with Crippen LogP contribution in [-0.4, -0.2) is 77.5 Å². The molecular formula is C50H49N9O6. The van der Waals surface area contributed by atoms with E-state index in [4.69, 9.17) is 24.7 Å². The Bertz CT molecular complexity index is 3010. The van der Waals surface area contributed by atoms with Crippen LogP contribution in [0.25, 0.3) is 22.8 Å². The van der Waals surface area contributed by atoms with Gasteiger partial charge in [-0.2, -0.15) is 0 Å². The van der Waals surface area contributed by atoms with Crippen molar-refractivity contribution in [1.29, 1.82) is 0 Å². The SMILES string of the molecule is Cc1cccc(C(C)Nc2ccc3c(c2)Cc2ccnc(-c4cc(N5CCOCC5)cc(=O)[nH]4)c2O3)n1.Nc1ccc2c(c1)Cc1ccnc(-c3cc(N4CCOCC4)cc(=O)[nH]3)c1O2. The summed E-state index contributed by atoms with van der Waals surface area (Å²) in [6.07, 6.45) is 4.93. The number of hydrogen-bond acceptors (Lipinski definition) is 13. The zero-order valence-electron chi connectivity index (χ0n) is 36.2. The molecule has 330 valence electrons. The standard InChI is InChI=1S/C29H29N5O3.C21H20N4O3/c1-18-4-3-5-24(31-18)19(2)32-22-6-7-26-21(15-22)14-20-8-9-30-28(29(20)37-26)25-16-23(17-27(35)33-25)34-10-12-36-13-11-34;22-15-1-2-18-14(10-15)9-13-3-4-23-20(21(13)28-18)17-11-16(12-19(26)24-17)25-5-7-27-8-6-25/h3-9,15-17,19,32H,10-14H2,1-2H3,(H,33,35);1-4,10-12H,5-9,22H2,(H,24,26). The van der Waals surface area contributed by atoms with Crippen molar-refractivity contribution in [1.82, 2.24) is 24.9 Å². The van der Waals surface area contributed by atoms with E-state index in [2.05, 4.69) is 53.0 Å². The van der Waals surface area contributed by atoms with Gasteiger partial charge in [-0.15, -0.1) is 0 Å². The molecule has 11 rings (SSSR count). The number of pyridine rings is 5. The number of anilines is 4. The van der Waals surface area contributed by atoms with Gasteiger partial charge in [-0.1, -0.05) is 6.07 Å².